The topological polar surface area (TPSA) is 293 Å². The van der Waals surface area contributed by atoms with E-state index in [1.165, 1.54) is 31.2 Å². The van der Waals surface area contributed by atoms with E-state index >= 15 is 0 Å². The monoisotopic (exact) mass is 567 g/mol. The Bertz CT molecular complexity index is 1060. The van der Waals surface area contributed by atoms with Crippen molar-refractivity contribution in [3.05, 3.63) is 29.8 Å². The number of nitrogens with zero attached hydrogens (tertiary/aromatic N) is 1. The van der Waals surface area contributed by atoms with Crippen LogP contribution in [0.3, 0.4) is 0 Å². The van der Waals surface area contributed by atoms with E-state index in [1.807, 2.05) is 0 Å². The lowest BCUT2D eigenvalue weighted by Crippen LogP contribution is -2.59. The molecule has 1 rings (SSSR count). The molecule has 0 radical (unpaired) electrons. The molecule has 0 aliphatic rings. The number of carbonyl (C=O) groups is 5. The van der Waals surface area contributed by atoms with Crippen LogP contribution in [-0.2, 0) is 30.4 Å². The van der Waals surface area contributed by atoms with Crippen LogP contribution in [0.1, 0.15) is 38.2 Å². The fourth-order valence-corrected chi connectivity index (χ4v) is 3.45. The number of carboxylic acid groups (broad SMARTS) is 2. The summed E-state index contributed by atoms with van der Waals surface area (Å²) in [5.41, 5.74) is 16.8. The van der Waals surface area contributed by atoms with Crippen molar-refractivity contribution in [1.29, 1.82) is 0 Å². The number of phenols is 1. The van der Waals surface area contributed by atoms with Gasteiger partial charge in [-0.15, -0.1) is 0 Å². The fraction of sp³-hybridized carbons (Fsp3) is 0.500. The lowest BCUT2D eigenvalue weighted by Gasteiger charge is -2.26. The Kier molecular flexibility index (Phi) is 13.9. The number of aliphatic hydroxyl groups is 1. The first-order chi connectivity index (χ1) is 18.7. The highest BCUT2D eigenvalue weighted by molar-refractivity contribution is 5.94. The van der Waals surface area contributed by atoms with Gasteiger partial charge in [0.25, 0.3) is 0 Å². The number of carbonyl (C=O) groups excluding carboxylic acids is 3. The Balaban J connectivity index is 2.95. The zero-order chi connectivity index (χ0) is 30.4. The number of aliphatic hydroxyl groups excluding tert-OH is 1. The fourth-order valence-electron chi connectivity index (χ4n) is 3.45. The Hall–Kier alpha value is -4.44. The molecule has 0 saturated carbocycles. The summed E-state index contributed by atoms with van der Waals surface area (Å²) >= 11 is 0. The summed E-state index contributed by atoms with van der Waals surface area (Å²) < 4.78 is 0. The quantitative estimate of drug-likeness (QED) is 0.0515. The Morgan fingerprint density at radius 1 is 0.900 bits per heavy atom. The van der Waals surface area contributed by atoms with E-state index in [2.05, 4.69) is 20.9 Å². The van der Waals surface area contributed by atoms with Crippen LogP contribution in [0.2, 0.25) is 0 Å². The third kappa shape index (κ3) is 12.4. The van der Waals surface area contributed by atoms with Crippen molar-refractivity contribution in [2.24, 2.45) is 22.2 Å². The molecular formula is C24H37N7O9. The van der Waals surface area contributed by atoms with Crippen LogP contribution in [0, 0.1) is 0 Å². The second-order valence-corrected chi connectivity index (χ2v) is 9.05. The predicted octanol–water partition coefficient (Wildman–Crippen LogP) is -2.90. The van der Waals surface area contributed by atoms with E-state index < -0.39 is 72.8 Å². The third-order valence-electron chi connectivity index (χ3n) is 5.64. The van der Waals surface area contributed by atoms with Crippen LogP contribution in [0.15, 0.2) is 29.3 Å². The first kappa shape index (κ1) is 33.6. The summed E-state index contributed by atoms with van der Waals surface area (Å²) in [6.45, 7) is 1.42. The van der Waals surface area contributed by atoms with Crippen molar-refractivity contribution in [1.82, 2.24) is 16.0 Å². The molecule has 0 bridgehead atoms. The molecule has 222 valence electrons. The summed E-state index contributed by atoms with van der Waals surface area (Å²) in [6, 6.07) is -0.0133. The van der Waals surface area contributed by atoms with Gasteiger partial charge in [-0.1, -0.05) is 12.1 Å². The molecule has 16 heteroatoms. The maximum atomic E-state index is 12.9. The van der Waals surface area contributed by atoms with Crippen LogP contribution in [0.4, 0.5) is 0 Å². The highest BCUT2D eigenvalue weighted by Gasteiger charge is 2.32. The van der Waals surface area contributed by atoms with Crippen LogP contribution < -0.4 is 33.2 Å². The molecule has 5 unspecified atom stereocenters. The van der Waals surface area contributed by atoms with Crippen molar-refractivity contribution in [3.63, 3.8) is 0 Å². The smallest absolute Gasteiger partial charge is 0.326 e. The molecule has 0 heterocycles. The molecule has 5 atom stereocenters. The van der Waals surface area contributed by atoms with E-state index in [0.717, 1.165) is 0 Å². The predicted molar refractivity (Wildman–Crippen MR) is 142 cm³/mol. The van der Waals surface area contributed by atoms with Gasteiger partial charge in [0, 0.05) is 19.4 Å². The number of benzene rings is 1. The lowest BCUT2D eigenvalue weighted by molar-refractivity contribution is -0.143. The summed E-state index contributed by atoms with van der Waals surface area (Å²) in [4.78, 5) is 65.0. The van der Waals surface area contributed by atoms with Gasteiger partial charge in [0.15, 0.2) is 5.96 Å². The van der Waals surface area contributed by atoms with E-state index in [-0.39, 0.29) is 31.1 Å². The van der Waals surface area contributed by atoms with E-state index in [4.69, 9.17) is 22.3 Å². The number of nitrogens with one attached hydrogen (secondary N) is 3. The summed E-state index contributed by atoms with van der Waals surface area (Å²) in [7, 11) is 0. The van der Waals surface area contributed by atoms with Gasteiger partial charge in [0.05, 0.1) is 12.1 Å². The van der Waals surface area contributed by atoms with Crippen molar-refractivity contribution in [3.8, 4) is 5.75 Å². The number of guanidine groups is 1. The highest BCUT2D eigenvalue weighted by atomic mass is 16.4. The van der Waals surface area contributed by atoms with Gasteiger partial charge < -0.3 is 53.6 Å². The summed E-state index contributed by atoms with van der Waals surface area (Å²) in [5.74, 6) is -5.63. The highest BCUT2D eigenvalue weighted by Crippen LogP contribution is 2.12. The normalized spacial score (nSPS) is 14.5. The molecule has 16 nitrogen and oxygen atoms in total. The minimum atomic E-state index is -1.57. The molecule has 0 aromatic heterocycles. The van der Waals surface area contributed by atoms with Crippen LogP contribution in [-0.4, -0.2) is 92.9 Å². The second-order valence-electron chi connectivity index (χ2n) is 9.05. The maximum Gasteiger partial charge on any atom is 0.326 e. The van der Waals surface area contributed by atoms with Gasteiger partial charge in [0.2, 0.25) is 17.7 Å². The number of hydrogen-bond acceptors (Lipinski definition) is 9. The number of phenolic OH excluding ortho intramolecular Hbond substituents is 1. The van der Waals surface area contributed by atoms with Gasteiger partial charge in [-0.3, -0.25) is 24.2 Å². The molecule has 0 aliphatic carbocycles. The first-order valence-corrected chi connectivity index (χ1v) is 12.3. The van der Waals surface area contributed by atoms with Crippen LogP contribution in [0.5, 0.6) is 5.75 Å². The Labute approximate surface area is 230 Å². The number of nitrogens with two attached hydrogens (primary N) is 3. The maximum absolute atomic E-state index is 12.9. The molecule has 0 saturated heterocycles. The molecule has 0 spiro atoms. The number of aliphatic carboxylic acids is 2. The van der Waals surface area contributed by atoms with Gasteiger partial charge >= 0.3 is 11.9 Å². The minimum absolute atomic E-state index is 0.0391. The molecule has 0 fully saturated rings. The molecule has 0 aliphatic heterocycles. The standard InChI is InChI=1S/C24H37N7O9/c1-12(32)19(31-20(36)15(25)3-2-10-28-24(26)27)22(38)29-16(8-9-18(34)35)21(37)30-17(23(39)40)11-13-4-6-14(33)7-5-13/h4-7,12,15-17,19,32-33H,2-3,8-11,25H2,1H3,(H,29,38)(H,30,37)(H,31,36)(H,34,35)(H,39,40)(H4,26,27,28). The van der Waals surface area contributed by atoms with Crippen LogP contribution in [0.25, 0.3) is 0 Å². The molecule has 40 heavy (non-hydrogen) atoms. The number of aromatic hydroxyl groups is 1. The lowest BCUT2D eigenvalue weighted by atomic mass is 10.0. The molecule has 13 N–H and O–H groups in total. The van der Waals surface area contributed by atoms with Crippen LogP contribution >= 0.6 is 0 Å². The number of rotatable bonds is 17. The number of amides is 3. The van der Waals surface area contributed by atoms with E-state index in [9.17, 15) is 39.3 Å². The number of carboxylic acids is 2. The van der Waals surface area contributed by atoms with Gasteiger partial charge in [-0.25, -0.2) is 4.79 Å². The van der Waals surface area contributed by atoms with Crippen molar-refractivity contribution in [2.75, 3.05) is 6.54 Å². The molecule has 1 aromatic rings. The van der Waals surface area contributed by atoms with Gasteiger partial charge in [-0.2, -0.15) is 0 Å². The van der Waals surface area contributed by atoms with Crippen molar-refractivity contribution >= 4 is 35.6 Å². The summed E-state index contributed by atoms with van der Waals surface area (Å²) in [6.07, 6.45) is -2.08. The number of aliphatic imine (C=N–C) groups is 1. The average molecular weight is 568 g/mol. The van der Waals surface area contributed by atoms with Crippen molar-refractivity contribution < 1.29 is 44.4 Å². The largest absolute Gasteiger partial charge is 0.508 e. The average Bonchev–Trinajstić information content (AvgIpc) is 2.87. The summed E-state index contributed by atoms with van der Waals surface area (Å²) in [5, 5.41) is 45.0. The van der Waals surface area contributed by atoms with E-state index in [1.54, 1.807) is 0 Å². The minimum Gasteiger partial charge on any atom is -0.508 e. The van der Waals surface area contributed by atoms with Gasteiger partial charge in [-0.05, 0) is 43.9 Å². The molecule has 1 aromatic carbocycles. The Morgan fingerprint density at radius 2 is 1.50 bits per heavy atom. The number of hydrogen-bond donors (Lipinski definition) is 10. The second kappa shape index (κ2) is 16.5. The molecular weight excluding hydrogens is 530 g/mol. The zero-order valence-electron chi connectivity index (χ0n) is 21.9. The SMILES string of the molecule is CC(O)C(NC(=O)C(N)CCCN=C(N)N)C(=O)NC(CCC(=O)O)C(=O)NC(Cc1ccc(O)cc1)C(=O)O. The first-order valence-electron chi connectivity index (χ1n) is 12.3. The molecule has 3 amide bonds. The third-order valence-corrected chi connectivity index (χ3v) is 5.64. The van der Waals surface area contributed by atoms with E-state index in [0.29, 0.717) is 12.0 Å². The van der Waals surface area contributed by atoms with Gasteiger partial charge in [0.1, 0.15) is 23.9 Å². The Morgan fingerprint density at radius 3 is 2.02 bits per heavy atom. The zero-order valence-corrected chi connectivity index (χ0v) is 21.9. The van der Waals surface area contributed by atoms with Crippen molar-refractivity contribution in [2.45, 2.75) is 69.3 Å².